The Morgan fingerprint density at radius 2 is 1.53 bits per heavy atom. The van der Waals surface area contributed by atoms with E-state index in [-0.39, 0.29) is 23.3 Å². The fraction of sp³-hybridized carbons (Fsp3) is 0.481. The van der Waals surface area contributed by atoms with Crippen LogP contribution in [0.15, 0.2) is 48.5 Å². The minimum Gasteiger partial charge on any atom is -0.352 e. The molecule has 2 aromatic carbocycles. The van der Waals surface area contributed by atoms with Crippen LogP contribution in [-0.2, 0) is 28.0 Å². The first-order chi connectivity index (χ1) is 15.0. The Balaban J connectivity index is 2.13. The van der Waals surface area contributed by atoms with Gasteiger partial charge in [-0.25, -0.2) is 0 Å². The largest absolute Gasteiger partial charge is 0.352 e. The van der Waals surface area contributed by atoms with E-state index >= 15 is 0 Å². The molecule has 0 saturated heterocycles. The number of benzene rings is 2. The molecule has 0 aliphatic heterocycles. The Morgan fingerprint density at radius 3 is 2.06 bits per heavy atom. The summed E-state index contributed by atoms with van der Waals surface area (Å²) in [5.74, 6) is -0.164. The maximum Gasteiger partial charge on any atom is 0.242 e. The summed E-state index contributed by atoms with van der Waals surface area (Å²) in [4.78, 5) is 27.7. The summed E-state index contributed by atoms with van der Waals surface area (Å²) in [6.07, 6.45) is 1.83. The van der Waals surface area contributed by atoms with Crippen molar-refractivity contribution >= 4 is 23.4 Å². The normalized spacial score (nSPS) is 13.3. The summed E-state index contributed by atoms with van der Waals surface area (Å²) in [5.41, 5.74) is 3.43. The fourth-order valence-electron chi connectivity index (χ4n) is 3.40. The zero-order valence-corrected chi connectivity index (χ0v) is 21.0. The van der Waals surface area contributed by atoms with Crippen LogP contribution in [0.1, 0.15) is 71.1 Å². The van der Waals surface area contributed by atoms with Crippen LogP contribution in [-0.4, -0.2) is 28.8 Å². The van der Waals surface area contributed by atoms with E-state index in [9.17, 15) is 9.59 Å². The number of carbonyl (C=O) groups is 2. The van der Waals surface area contributed by atoms with Gasteiger partial charge in [-0.05, 0) is 60.9 Å². The van der Waals surface area contributed by atoms with Gasteiger partial charge in [0.25, 0.3) is 0 Å². The number of carbonyl (C=O) groups excluding carboxylic acids is 2. The number of hydrogen-bond acceptors (Lipinski definition) is 2. The lowest BCUT2D eigenvalue weighted by atomic mass is 9.86. The lowest BCUT2D eigenvalue weighted by molar-refractivity contribution is -0.140. The van der Waals surface area contributed by atoms with Crippen LogP contribution in [0.4, 0.5) is 0 Å². The van der Waals surface area contributed by atoms with E-state index in [1.807, 2.05) is 26.0 Å². The van der Waals surface area contributed by atoms with Crippen LogP contribution in [0.2, 0.25) is 5.02 Å². The highest BCUT2D eigenvalue weighted by Crippen LogP contribution is 2.23. The second-order valence-electron chi connectivity index (χ2n) is 9.59. The first-order valence-corrected chi connectivity index (χ1v) is 11.8. The quantitative estimate of drug-likeness (QED) is 0.510. The van der Waals surface area contributed by atoms with Crippen molar-refractivity contribution in [3.05, 3.63) is 70.2 Å². The van der Waals surface area contributed by atoms with E-state index < -0.39 is 6.04 Å². The minimum atomic E-state index is -0.560. The van der Waals surface area contributed by atoms with Crippen LogP contribution < -0.4 is 5.32 Å². The van der Waals surface area contributed by atoms with Gasteiger partial charge in [-0.2, -0.15) is 0 Å². The smallest absolute Gasteiger partial charge is 0.242 e. The lowest BCUT2D eigenvalue weighted by Gasteiger charge is -2.30. The van der Waals surface area contributed by atoms with Crippen molar-refractivity contribution < 1.29 is 9.59 Å². The molecule has 0 heterocycles. The molecule has 2 rings (SSSR count). The van der Waals surface area contributed by atoms with Gasteiger partial charge in [-0.3, -0.25) is 9.59 Å². The molecule has 0 aliphatic rings. The second kappa shape index (κ2) is 11.5. The Bertz CT molecular complexity index is 885. The van der Waals surface area contributed by atoms with Gasteiger partial charge in [0.1, 0.15) is 6.04 Å². The van der Waals surface area contributed by atoms with Gasteiger partial charge in [0.15, 0.2) is 0 Å². The zero-order chi connectivity index (χ0) is 23.9. The number of aryl methyl sites for hydroxylation is 1. The molecule has 32 heavy (non-hydrogen) atoms. The number of nitrogens with one attached hydrogen (secondary N) is 1. The van der Waals surface area contributed by atoms with E-state index in [4.69, 9.17) is 11.6 Å². The minimum absolute atomic E-state index is 0.0355. The number of hydrogen-bond donors (Lipinski definition) is 1. The number of halogens is 1. The lowest BCUT2D eigenvalue weighted by Crippen LogP contribution is -2.49. The summed E-state index contributed by atoms with van der Waals surface area (Å²) in [5, 5.41) is 3.65. The average Bonchev–Trinajstić information content (AvgIpc) is 2.76. The van der Waals surface area contributed by atoms with Crippen LogP contribution >= 0.6 is 11.6 Å². The Kier molecular flexibility index (Phi) is 9.33. The predicted octanol–water partition coefficient (Wildman–Crippen LogP) is 5.90. The van der Waals surface area contributed by atoms with E-state index in [1.165, 1.54) is 5.56 Å². The molecule has 2 amide bonds. The Labute approximate surface area is 198 Å². The molecule has 4 nitrogen and oxygen atoms in total. The second-order valence-corrected chi connectivity index (χ2v) is 10.0. The van der Waals surface area contributed by atoms with Crippen molar-refractivity contribution in [3.8, 4) is 0 Å². The highest BCUT2D eigenvalue weighted by Gasteiger charge is 2.26. The average molecular weight is 457 g/mol. The fourth-order valence-corrected chi connectivity index (χ4v) is 3.53. The molecule has 0 spiro atoms. The molecule has 0 bridgehead atoms. The molecule has 0 aliphatic carbocycles. The maximum atomic E-state index is 13.2. The Hall–Kier alpha value is -2.33. The monoisotopic (exact) mass is 456 g/mol. The van der Waals surface area contributed by atoms with Gasteiger partial charge < -0.3 is 10.2 Å². The molecule has 0 saturated carbocycles. The molecule has 0 fully saturated rings. The summed E-state index contributed by atoms with van der Waals surface area (Å²) in [6.45, 7) is 12.7. The van der Waals surface area contributed by atoms with E-state index in [1.54, 1.807) is 24.0 Å². The van der Waals surface area contributed by atoms with Crippen LogP contribution in [0.25, 0.3) is 0 Å². The van der Waals surface area contributed by atoms with Gasteiger partial charge in [0.2, 0.25) is 11.8 Å². The molecule has 2 unspecified atom stereocenters. The van der Waals surface area contributed by atoms with Gasteiger partial charge >= 0.3 is 0 Å². The molecule has 0 aromatic heterocycles. The topological polar surface area (TPSA) is 49.4 Å². The third-order valence-corrected chi connectivity index (χ3v) is 6.13. The third kappa shape index (κ3) is 7.67. The first kappa shape index (κ1) is 25.9. The number of amides is 2. The van der Waals surface area contributed by atoms with Crippen LogP contribution in [0.5, 0.6) is 0 Å². The van der Waals surface area contributed by atoms with Gasteiger partial charge in [-0.15, -0.1) is 0 Å². The van der Waals surface area contributed by atoms with E-state index in [2.05, 4.69) is 50.4 Å². The first-order valence-electron chi connectivity index (χ1n) is 11.4. The maximum absolute atomic E-state index is 13.2. The van der Waals surface area contributed by atoms with Crippen LogP contribution in [0.3, 0.4) is 0 Å². The molecule has 1 N–H and O–H groups in total. The predicted molar refractivity (Wildman–Crippen MR) is 133 cm³/mol. The molecule has 2 aromatic rings. The zero-order valence-electron chi connectivity index (χ0n) is 20.2. The van der Waals surface area contributed by atoms with Gasteiger partial charge in [-0.1, -0.05) is 75.7 Å². The van der Waals surface area contributed by atoms with Crippen molar-refractivity contribution in [2.24, 2.45) is 0 Å². The van der Waals surface area contributed by atoms with Gasteiger partial charge in [0, 0.05) is 24.0 Å². The summed E-state index contributed by atoms with van der Waals surface area (Å²) in [7, 11) is 0. The molecule has 174 valence electrons. The molecular formula is C27H37ClN2O2. The summed E-state index contributed by atoms with van der Waals surface area (Å²) < 4.78 is 0. The van der Waals surface area contributed by atoms with Crippen molar-refractivity contribution in [3.63, 3.8) is 0 Å². The highest BCUT2D eigenvalue weighted by atomic mass is 35.5. The molecule has 0 radical (unpaired) electrons. The van der Waals surface area contributed by atoms with Crippen molar-refractivity contribution in [1.29, 1.82) is 0 Å². The van der Waals surface area contributed by atoms with E-state index in [0.29, 0.717) is 24.4 Å². The third-order valence-electron chi connectivity index (χ3n) is 5.88. The molecule has 5 heteroatoms. The molecular weight excluding hydrogens is 420 g/mol. The van der Waals surface area contributed by atoms with Crippen molar-refractivity contribution in [1.82, 2.24) is 10.2 Å². The number of nitrogens with zero attached hydrogens (tertiary/aromatic N) is 1. The molecule has 2 atom stereocenters. The summed E-state index contributed by atoms with van der Waals surface area (Å²) >= 11 is 6.01. The SMILES string of the molecule is CCC(C)NC(=O)C(C)N(Cc1ccc(Cl)cc1)C(=O)CCc1ccc(C(C)(C)C)cc1. The van der Waals surface area contributed by atoms with Crippen molar-refractivity contribution in [2.75, 3.05) is 0 Å². The Morgan fingerprint density at radius 1 is 0.969 bits per heavy atom. The number of rotatable bonds is 9. The summed E-state index contributed by atoms with van der Waals surface area (Å²) in [6, 6.07) is 15.4. The standard InChI is InChI=1S/C27H37ClN2O2/c1-7-19(2)29-26(32)20(3)30(18-22-10-15-24(28)16-11-22)25(31)17-12-21-8-13-23(14-9-21)27(4,5)6/h8-11,13-16,19-20H,7,12,17-18H2,1-6H3,(H,29,32). The van der Waals surface area contributed by atoms with E-state index in [0.717, 1.165) is 17.5 Å². The van der Waals surface area contributed by atoms with Crippen molar-refractivity contribution in [2.45, 2.75) is 84.8 Å². The van der Waals surface area contributed by atoms with Gasteiger partial charge in [0.05, 0.1) is 0 Å². The van der Waals surface area contributed by atoms with Crippen LogP contribution in [0, 0.1) is 0 Å². The highest BCUT2D eigenvalue weighted by molar-refractivity contribution is 6.30.